The van der Waals surface area contributed by atoms with Gasteiger partial charge in [-0.1, -0.05) is 0 Å². The number of nitriles is 1. The highest BCUT2D eigenvalue weighted by molar-refractivity contribution is 6.00. The lowest BCUT2D eigenvalue weighted by molar-refractivity contribution is 0.101. The van der Waals surface area contributed by atoms with Gasteiger partial charge in [0, 0.05) is 17.4 Å². The van der Waals surface area contributed by atoms with E-state index in [0.717, 1.165) is 0 Å². The summed E-state index contributed by atoms with van der Waals surface area (Å²) < 4.78 is 0. The molecule has 1 heterocycles. The van der Waals surface area contributed by atoms with Crippen LogP contribution in [0.4, 0.5) is 16.3 Å². The van der Waals surface area contributed by atoms with Crippen LogP contribution in [0.1, 0.15) is 22.8 Å². The maximum atomic E-state index is 11.8. The zero-order valence-electron chi connectivity index (χ0n) is 11.3. The lowest BCUT2D eigenvalue weighted by atomic mass is 10.1. The highest BCUT2D eigenvalue weighted by Gasteiger charge is 2.04. The summed E-state index contributed by atoms with van der Waals surface area (Å²) in [6.07, 6.45) is 1.37. The molecule has 21 heavy (non-hydrogen) atoms. The number of carbonyl (C=O) groups is 2. The predicted molar refractivity (Wildman–Crippen MR) is 78.0 cm³/mol. The molecular formula is C15H12N4O2. The van der Waals surface area contributed by atoms with Crippen molar-refractivity contribution in [1.82, 2.24) is 4.98 Å². The Morgan fingerprint density at radius 2 is 1.81 bits per heavy atom. The molecule has 1 aromatic carbocycles. The third kappa shape index (κ3) is 3.88. The summed E-state index contributed by atoms with van der Waals surface area (Å²) in [6.45, 7) is 1.48. The van der Waals surface area contributed by atoms with E-state index < -0.39 is 6.03 Å². The first-order chi connectivity index (χ1) is 10.1. The summed E-state index contributed by atoms with van der Waals surface area (Å²) >= 11 is 0. The quantitative estimate of drug-likeness (QED) is 0.845. The number of hydrogen-bond donors (Lipinski definition) is 2. The minimum absolute atomic E-state index is 0.0345. The summed E-state index contributed by atoms with van der Waals surface area (Å²) in [7, 11) is 0. The van der Waals surface area contributed by atoms with E-state index >= 15 is 0 Å². The van der Waals surface area contributed by atoms with Crippen LogP contribution in [0.25, 0.3) is 0 Å². The monoisotopic (exact) mass is 280 g/mol. The van der Waals surface area contributed by atoms with Crippen molar-refractivity contribution in [1.29, 1.82) is 5.26 Å². The van der Waals surface area contributed by atoms with Gasteiger partial charge in [-0.2, -0.15) is 5.26 Å². The first-order valence-electron chi connectivity index (χ1n) is 6.13. The number of rotatable bonds is 3. The summed E-state index contributed by atoms with van der Waals surface area (Å²) in [6, 6.07) is 11.1. The Balaban J connectivity index is 1.97. The van der Waals surface area contributed by atoms with Crippen molar-refractivity contribution in [2.24, 2.45) is 0 Å². The van der Waals surface area contributed by atoms with E-state index in [4.69, 9.17) is 5.26 Å². The van der Waals surface area contributed by atoms with E-state index in [2.05, 4.69) is 15.6 Å². The molecule has 6 heteroatoms. The van der Waals surface area contributed by atoms with Crippen LogP contribution in [0, 0.1) is 11.3 Å². The molecular weight excluding hydrogens is 268 g/mol. The molecule has 2 rings (SSSR count). The van der Waals surface area contributed by atoms with Crippen molar-refractivity contribution in [3.8, 4) is 6.07 Å². The number of benzene rings is 1. The summed E-state index contributed by atoms with van der Waals surface area (Å²) in [4.78, 5) is 26.8. The molecule has 2 amide bonds. The molecule has 2 aromatic rings. The molecule has 1 aromatic heterocycles. The molecule has 0 bridgehead atoms. The van der Waals surface area contributed by atoms with Crippen LogP contribution >= 0.6 is 0 Å². The molecule has 0 saturated heterocycles. The summed E-state index contributed by atoms with van der Waals surface area (Å²) in [5.41, 5.74) is 1.56. The number of aromatic nitrogens is 1. The number of ketones is 1. The van der Waals surface area contributed by atoms with Crippen LogP contribution in [0.15, 0.2) is 42.6 Å². The minimum atomic E-state index is -0.456. The summed E-state index contributed by atoms with van der Waals surface area (Å²) in [5, 5.41) is 13.8. The Bertz CT molecular complexity index is 700. The Morgan fingerprint density at radius 1 is 1.10 bits per heavy atom. The molecule has 0 atom stereocenters. The Labute approximate surface area is 121 Å². The van der Waals surface area contributed by atoms with Gasteiger partial charge in [0.15, 0.2) is 5.78 Å². The van der Waals surface area contributed by atoms with Crippen molar-refractivity contribution in [2.75, 3.05) is 10.6 Å². The fourth-order valence-corrected chi connectivity index (χ4v) is 1.60. The van der Waals surface area contributed by atoms with Gasteiger partial charge in [0.1, 0.15) is 11.9 Å². The Morgan fingerprint density at radius 3 is 2.33 bits per heavy atom. The molecule has 0 spiro atoms. The van der Waals surface area contributed by atoms with Crippen molar-refractivity contribution in [2.45, 2.75) is 6.92 Å². The molecule has 0 fully saturated rings. The zero-order valence-corrected chi connectivity index (χ0v) is 11.3. The second kappa shape index (κ2) is 6.30. The van der Waals surface area contributed by atoms with Gasteiger partial charge >= 0.3 is 6.03 Å². The van der Waals surface area contributed by atoms with Crippen molar-refractivity contribution < 1.29 is 9.59 Å². The molecule has 0 aliphatic heterocycles. The second-order valence-corrected chi connectivity index (χ2v) is 4.26. The van der Waals surface area contributed by atoms with E-state index in [9.17, 15) is 9.59 Å². The topological polar surface area (TPSA) is 94.9 Å². The number of carbonyl (C=O) groups excluding carboxylic acids is 2. The third-order valence-corrected chi connectivity index (χ3v) is 2.68. The number of nitrogens with zero attached hydrogens (tertiary/aromatic N) is 2. The normalized spacial score (nSPS) is 9.52. The Hall–Kier alpha value is -3.20. The molecule has 6 nitrogen and oxygen atoms in total. The van der Waals surface area contributed by atoms with Crippen LogP contribution in [0.5, 0.6) is 0 Å². The van der Waals surface area contributed by atoms with Crippen LogP contribution in [0.3, 0.4) is 0 Å². The van der Waals surface area contributed by atoms with Gasteiger partial charge in [-0.25, -0.2) is 9.78 Å². The maximum Gasteiger partial charge on any atom is 0.324 e. The van der Waals surface area contributed by atoms with E-state index in [-0.39, 0.29) is 5.78 Å². The molecule has 0 aliphatic carbocycles. The average Bonchev–Trinajstić information content (AvgIpc) is 2.48. The van der Waals surface area contributed by atoms with Crippen LogP contribution < -0.4 is 10.6 Å². The molecule has 0 saturated carbocycles. The first kappa shape index (κ1) is 14.2. The van der Waals surface area contributed by atoms with Gasteiger partial charge in [-0.05, 0) is 43.3 Å². The molecule has 104 valence electrons. The van der Waals surface area contributed by atoms with Gasteiger partial charge in [0.05, 0.1) is 5.56 Å². The predicted octanol–water partition coefficient (Wildman–Crippen LogP) is 2.80. The number of Topliss-reactive ketones (excluding diaryl/α,β-unsaturated/α-hetero) is 1. The van der Waals surface area contributed by atoms with Crippen molar-refractivity contribution in [3.63, 3.8) is 0 Å². The fourth-order valence-electron chi connectivity index (χ4n) is 1.60. The molecule has 0 aliphatic rings. The maximum absolute atomic E-state index is 11.8. The number of urea groups is 1. The molecule has 0 radical (unpaired) electrons. The van der Waals surface area contributed by atoms with Crippen molar-refractivity contribution >= 4 is 23.3 Å². The lowest BCUT2D eigenvalue weighted by Crippen LogP contribution is -2.20. The van der Waals surface area contributed by atoms with Crippen molar-refractivity contribution in [3.05, 3.63) is 53.7 Å². The SMILES string of the molecule is CC(=O)c1ccc(NC(=O)Nc2ccc(C#N)cn2)cc1. The number of amides is 2. The number of pyridine rings is 1. The highest BCUT2D eigenvalue weighted by Crippen LogP contribution is 2.11. The van der Waals surface area contributed by atoms with Gasteiger partial charge in [-0.15, -0.1) is 0 Å². The number of hydrogen-bond acceptors (Lipinski definition) is 4. The van der Waals surface area contributed by atoms with Gasteiger partial charge < -0.3 is 5.32 Å². The third-order valence-electron chi connectivity index (χ3n) is 2.68. The highest BCUT2D eigenvalue weighted by atomic mass is 16.2. The minimum Gasteiger partial charge on any atom is -0.308 e. The van der Waals surface area contributed by atoms with E-state index in [1.165, 1.54) is 19.2 Å². The number of anilines is 2. The second-order valence-electron chi connectivity index (χ2n) is 4.26. The molecule has 0 unspecified atom stereocenters. The largest absolute Gasteiger partial charge is 0.324 e. The van der Waals surface area contributed by atoms with Crippen LogP contribution in [-0.4, -0.2) is 16.8 Å². The van der Waals surface area contributed by atoms with Gasteiger partial charge in [-0.3, -0.25) is 10.1 Å². The Kier molecular flexibility index (Phi) is 4.26. The van der Waals surface area contributed by atoms with Crippen LogP contribution in [-0.2, 0) is 0 Å². The lowest BCUT2D eigenvalue weighted by Gasteiger charge is -2.07. The smallest absolute Gasteiger partial charge is 0.308 e. The van der Waals surface area contributed by atoms with E-state index in [0.29, 0.717) is 22.6 Å². The van der Waals surface area contributed by atoms with E-state index in [1.807, 2.05) is 6.07 Å². The average molecular weight is 280 g/mol. The summed E-state index contributed by atoms with van der Waals surface area (Å²) in [5.74, 6) is 0.305. The standard InChI is InChI=1S/C15H12N4O2/c1-10(20)12-3-5-13(6-4-12)18-15(21)19-14-7-2-11(8-16)9-17-14/h2-7,9H,1H3,(H2,17,18,19,21). The first-order valence-corrected chi connectivity index (χ1v) is 6.13. The molecule has 2 N–H and O–H groups in total. The number of nitrogens with one attached hydrogen (secondary N) is 2. The van der Waals surface area contributed by atoms with Gasteiger partial charge in [0.25, 0.3) is 0 Å². The van der Waals surface area contributed by atoms with Gasteiger partial charge in [0.2, 0.25) is 0 Å². The fraction of sp³-hybridized carbons (Fsp3) is 0.0667. The zero-order chi connectivity index (χ0) is 15.2. The van der Waals surface area contributed by atoms with E-state index in [1.54, 1.807) is 30.3 Å². The van der Waals surface area contributed by atoms with Crippen LogP contribution in [0.2, 0.25) is 0 Å².